The molecule has 0 bridgehead atoms. The van der Waals surface area contributed by atoms with Gasteiger partial charge in [0, 0.05) is 13.0 Å². The van der Waals surface area contributed by atoms with Gasteiger partial charge in [0.15, 0.2) is 0 Å². The van der Waals surface area contributed by atoms with Crippen LogP contribution in [0.5, 0.6) is 0 Å². The summed E-state index contributed by atoms with van der Waals surface area (Å²) >= 11 is 0. The number of rotatable bonds is 4. The third-order valence-electron chi connectivity index (χ3n) is 0.815. The van der Waals surface area contributed by atoms with Crippen molar-refractivity contribution in [3.05, 3.63) is 0 Å². The van der Waals surface area contributed by atoms with Crippen molar-refractivity contribution in [1.29, 1.82) is 0 Å². The molecule has 2 N–H and O–H groups in total. The van der Waals surface area contributed by atoms with E-state index in [9.17, 15) is 4.79 Å². The Balaban J connectivity index is 2.97. The first-order valence-electron chi connectivity index (χ1n) is 2.70. The summed E-state index contributed by atoms with van der Waals surface area (Å²) in [5.74, 6) is 0.0609. The van der Waals surface area contributed by atoms with E-state index in [0.29, 0.717) is 6.42 Å². The van der Waals surface area contributed by atoms with Gasteiger partial charge in [0.05, 0.1) is 0 Å². The van der Waals surface area contributed by atoms with Crippen molar-refractivity contribution in [2.45, 2.75) is 6.42 Å². The summed E-state index contributed by atoms with van der Waals surface area (Å²) < 4.78 is 0. The number of hydrogen-bond acceptors (Lipinski definition) is 2. The molecule has 5 heteroatoms. The average Bonchev–Trinajstić information content (AvgIpc) is 1.89. The maximum absolute atomic E-state index is 10.5. The maximum Gasteiger partial charge on any atom is 0.224 e. The van der Waals surface area contributed by atoms with Crippen molar-refractivity contribution in [2.24, 2.45) is 0 Å². The molecule has 0 aromatic heterocycles. The van der Waals surface area contributed by atoms with Crippen LogP contribution in [0.3, 0.4) is 0 Å². The first kappa shape index (κ1) is 9.29. The topological polar surface area (TPSA) is 41.1 Å². The standard InChI is InChI=1S/C4H12N2OP2/c1-9-5-3-2-4(7)6-8/h5,9H,2-3,8H2,1H3,(H,6,7). The summed E-state index contributed by atoms with van der Waals surface area (Å²) in [6.07, 6.45) is 0.560. The zero-order chi connectivity index (χ0) is 7.11. The maximum atomic E-state index is 10.5. The predicted molar refractivity (Wildman–Crippen MR) is 44.7 cm³/mol. The smallest absolute Gasteiger partial charge is 0.224 e. The summed E-state index contributed by atoms with van der Waals surface area (Å²) in [6.45, 7) is 2.81. The minimum Gasteiger partial charge on any atom is -0.341 e. The molecule has 0 spiro atoms. The molecule has 2 atom stereocenters. The van der Waals surface area contributed by atoms with Crippen LogP contribution >= 0.6 is 18.1 Å². The number of carbonyl (C=O) groups excluding carboxylic acids is 1. The van der Waals surface area contributed by atoms with Crippen molar-refractivity contribution in [3.8, 4) is 0 Å². The molecule has 0 heterocycles. The minimum atomic E-state index is 0.0609. The largest absolute Gasteiger partial charge is 0.341 e. The van der Waals surface area contributed by atoms with Gasteiger partial charge in [-0.25, -0.2) is 0 Å². The van der Waals surface area contributed by atoms with Crippen molar-refractivity contribution >= 4 is 24.0 Å². The molecule has 0 aromatic carbocycles. The second-order valence-electron chi connectivity index (χ2n) is 1.49. The third-order valence-corrected chi connectivity index (χ3v) is 1.74. The van der Waals surface area contributed by atoms with E-state index in [1.165, 1.54) is 0 Å². The second kappa shape index (κ2) is 6.41. The normalized spacial score (nSPS) is 10.4. The van der Waals surface area contributed by atoms with Crippen LogP contribution < -0.4 is 10.2 Å². The number of nitrogens with one attached hydrogen (secondary N) is 2. The second-order valence-corrected chi connectivity index (χ2v) is 2.64. The van der Waals surface area contributed by atoms with Crippen LogP contribution in [-0.2, 0) is 4.79 Å². The van der Waals surface area contributed by atoms with Crippen molar-refractivity contribution in [1.82, 2.24) is 10.2 Å². The Bertz CT molecular complexity index is 88.6. The van der Waals surface area contributed by atoms with Gasteiger partial charge < -0.3 is 5.09 Å². The molecule has 0 saturated carbocycles. The van der Waals surface area contributed by atoms with Gasteiger partial charge in [-0.05, 0) is 16.1 Å². The number of hydrogen-bond donors (Lipinski definition) is 2. The molecule has 0 radical (unpaired) electrons. The van der Waals surface area contributed by atoms with Gasteiger partial charge in [-0.1, -0.05) is 8.73 Å². The van der Waals surface area contributed by atoms with E-state index in [0.717, 1.165) is 15.3 Å². The molecule has 2 unspecified atom stereocenters. The molecule has 0 aromatic rings. The van der Waals surface area contributed by atoms with Gasteiger partial charge in [0.1, 0.15) is 0 Å². The lowest BCUT2D eigenvalue weighted by atomic mass is 10.4. The van der Waals surface area contributed by atoms with E-state index in [1.807, 2.05) is 6.66 Å². The van der Waals surface area contributed by atoms with Crippen LogP contribution in [0.1, 0.15) is 6.42 Å². The molecule has 9 heavy (non-hydrogen) atoms. The number of carbonyl (C=O) groups is 1. The Morgan fingerprint density at radius 3 is 2.89 bits per heavy atom. The van der Waals surface area contributed by atoms with Gasteiger partial charge in [-0.15, -0.1) is 0 Å². The van der Waals surface area contributed by atoms with E-state index in [4.69, 9.17) is 0 Å². The predicted octanol–water partition coefficient (Wildman–Crippen LogP) is 0.0957. The Kier molecular flexibility index (Phi) is 6.62. The summed E-state index contributed by atoms with van der Waals surface area (Å²) in [5.41, 5.74) is 0. The molecule has 0 rings (SSSR count). The van der Waals surface area contributed by atoms with Crippen LogP contribution in [-0.4, -0.2) is 19.1 Å². The molecule has 0 aliphatic carbocycles. The molecule has 3 nitrogen and oxygen atoms in total. The SMILES string of the molecule is CPNCCC(=O)NP. The quantitative estimate of drug-likeness (QED) is 0.459. The third kappa shape index (κ3) is 6.17. The lowest BCUT2D eigenvalue weighted by Crippen LogP contribution is -2.17. The summed E-state index contributed by atoms with van der Waals surface area (Å²) in [5, 5.41) is 5.54. The van der Waals surface area contributed by atoms with Crippen LogP contribution in [0.25, 0.3) is 0 Å². The van der Waals surface area contributed by atoms with Gasteiger partial charge in [0.25, 0.3) is 0 Å². The highest BCUT2D eigenvalue weighted by Crippen LogP contribution is 1.91. The molecular formula is C4H12N2OP2. The molecule has 0 aliphatic heterocycles. The van der Waals surface area contributed by atoms with E-state index in [1.54, 1.807) is 0 Å². The van der Waals surface area contributed by atoms with E-state index in [2.05, 4.69) is 19.6 Å². The van der Waals surface area contributed by atoms with Crippen LogP contribution in [0, 0.1) is 0 Å². The highest BCUT2D eigenvalue weighted by molar-refractivity contribution is 7.34. The Morgan fingerprint density at radius 2 is 2.44 bits per heavy atom. The average molecular weight is 166 g/mol. The Hall–Kier alpha value is 0.290. The molecule has 0 saturated heterocycles. The lowest BCUT2D eigenvalue weighted by molar-refractivity contribution is -0.119. The van der Waals surface area contributed by atoms with Gasteiger partial charge in [-0.2, -0.15) is 0 Å². The zero-order valence-electron chi connectivity index (χ0n) is 5.40. The van der Waals surface area contributed by atoms with E-state index in [-0.39, 0.29) is 5.91 Å². The molecular weight excluding hydrogens is 154 g/mol. The lowest BCUT2D eigenvalue weighted by Gasteiger charge is -1.98. The molecule has 0 aliphatic rings. The van der Waals surface area contributed by atoms with Crippen molar-refractivity contribution in [3.63, 3.8) is 0 Å². The molecule has 1 amide bonds. The zero-order valence-corrected chi connectivity index (χ0v) is 7.55. The Labute approximate surface area is 59.5 Å². The monoisotopic (exact) mass is 166 g/mol. The fraction of sp³-hybridized carbons (Fsp3) is 0.750. The fourth-order valence-electron chi connectivity index (χ4n) is 0.373. The first-order valence-corrected chi connectivity index (χ1v) is 4.78. The highest BCUT2D eigenvalue weighted by atomic mass is 31.1. The van der Waals surface area contributed by atoms with Gasteiger partial charge in [-0.3, -0.25) is 9.88 Å². The Morgan fingerprint density at radius 1 is 1.78 bits per heavy atom. The minimum absolute atomic E-state index is 0.0609. The van der Waals surface area contributed by atoms with Crippen molar-refractivity contribution in [2.75, 3.05) is 13.2 Å². The fourth-order valence-corrected chi connectivity index (χ4v) is 0.893. The summed E-state index contributed by atoms with van der Waals surface area (Å²) in [6, 6.07) is 0. The van der Waals surface area contributed by atoms with Crippen LogP contribution in [0.15, 0.2) is 0 Å². The van der Waals surface area contributed by atoms with Gasteiger partial charge in [0.2, 0.25) is 5.91 Å². The number of amides is 1. The first-order chi connectivity index (χ1) is 4.31. The summed E-state index contributed by atoms with van der Waals surface area (Å²) in [4.78, 5) is 10.5. The van der Waals surface area contributed by atoms with Crippen LogP contribution in [0.4, 0.5) is 0 Å². The van der Waals surface area contributed by atoms with Crippen LogP contribution in [0.2, 0.25) is 0 Å². The molecule has 54 valence electrons. The van der Waals surface area contributed by atoms with Crippen molar-refractivity contribution < 1.29 is 4.79 Å². The van der Waals surface area contributed by atoms with Gasteiger partial charge >= 0.3 is 0 Å². The highest BCUT2D eigenvalue weighted by Gasteiger charge is 1.93. The van der Waals surface area contributed by atoms with E-state index < -0.39 is 0 Å². The van der Waals surface area contributed by atoms with E-state index >= 15 is 0 Å². The molecule has 0 fully saturated rings. The summed E-state index contributed by atoms with van der Waals surface area (Å²) in [7, 11) is 2.90.